The molecule has 2 N–H and O–H groups in total. The van der Waals surface area contributed by atoms with Crippen LogP contribution in [0.5, 0.6) is 0 Å². The standard InChI is InChI=1S/C13H18F3NO/c1-2-18-9-3-4-12(17)10-5-7-11(8-6-10)13(14,15)16/h5-8,12H,2-4,9,17H2,1H3. The van der Waals surface area contributed by atoms with Crippen molar-refractivity contribution in [2.75, 3.05) is 13.2 Å². The van der Waals surface area contributed by atoms with Gasteiger partial charge in [0.2, 0.25) is 0 Å². The van der Waals surface area contributed by atoms with Gasteiger partial charge >= 0.3 is 6.18 Å². The lowest BCUT2D eigenvalue weighted by molar-refractivity contribution is -0.137. The van der Waals surface area contributed by atoms with Crippen LogP contribution in [-0.4, -0.2) is 13.2 Å². The van der Waals surface area contributed by atoms with Crippen LogP contribution in [0.3, 0.4) is 0 Å². The van der Waals surface area contributed by atoms with E-state index in [0.717, 1.165) is 24.1 Å². The average Bonchev–Trinajstić information content (AvgIpc) is 2.33. The molecule has 1 aromatic rings. The number of halogens is 3. The van der Waals surface area contributed by atoms with Gasteiger partial charge in [0.1, 0.15) is 0 Å². The van der Waals surface area contributed by atoms with Gasteiger partial charge in [-0.25, -0.2) is 0 Å². The lowest BCUT2D eigenvalue weighted by atomic mass is 10.0. The maximum atomic E-state index is 12.4. The van der Waals surface area contributed by atoms with E-state index in [9.17, 15) is 13.2 Å². The lowest BCUT2D eigenvalue weighted by Crippen LogP contribution is -2.12. The molecular weight excluding hydrogens is 243 g/mol. The molecule has 1 atom stereocenters. The third-order valence-electron chi connectivity index (χ3n) is 2.67. The Kier molecular flexibility index (Phi) is 5.62. The molecule has 0 spiro atoms. The van der Waals surface area contributed by atoms with Crippen LogP contribution in [0.25, 0.3) is 0 Å². The van der Waals surface area contributed by atoms with E-state index in [1.807, 2.05) is 6.92 Å². The Morgan fingerprint density at radius 1 is 1.22 bits per heavy atom. The SMILES string of the molecule is CCOCCCC(N)c1ccc(C(F)(F)F)cc1. The molecule has 0 aliphatic heterocycles. The normalized spacial score (nSPS) is 13.6. The first kappa shape index (κ1) is 15.0. The Hall–Kier alpha value is -1.07. The summed E-state index contributed by atoms with van der Waals surface area (Å²) in [5, 5.41) is 0. The van der Waals surface area contributed by atoms with Gasteiger partial charge in [0.05, 0.1) is 5.56 Å². The molecule has 0 amide bonds. The van der Waals surface area contributed by atoms with Crippen LogP contribution in [0.1, 0.15) is 36.9 Å². The van der Waals surface area contributed by atoms with E-state index < -0.39 is 11.7 Å². The Balaban J connectivity index is 2.51. The van der Waals surface area contributed by atoms with Crippen molar-refractivity contribution in [1.82, 2.24) is 0 Å². The summed E-state index contributed by atoms with van der Waals surface area (Å²) in [5.41, 5.74) is 5.98. The molecule has 5 heteroatoms. The Bertz CT molecular complexity index is 348. The van der Waals surface area contributed by atoms with Gasteiger partial charge in [-0.2, -0.15) is 13.2 Å². The predicted molar refractivity (Wildman–Crippen MR) is 64.1 cm³/mol. The number of rotatable bonds is 6. The zero-order valence-electron chi connectivity index (χ0n) is 10.3. The van der Waals surface area contributed by atoms with E-state index in [0.29, 0.717) is 19.6 Å². The largest absolute Gasteiger partial charge is 0.416 e. The number of nitrogens with two attached hydrogens (primary N) is 1. The first-order valence-corrected chi connectivity index (χ1v) is 5.95. The summed E-state index contributed by atoms with van der Waals surface area (Å²) >= 11 is 0. The number of benzene rings is 1. The minimum atomic E-state index is -4.29. The molecule has 0 aliphatic rings. The molecule has 18 heavy (non-hydrogen) atoms. The van der Waals surface area contributed by atoms with Crippen molar-refractivity contribution in [3.63, 3.8) is 0 Å². The second kappa shape index (κ2) is 6.75. The number of hydrogen-bond donors (Lipinski definition) is 1. The smallest absolute Gasteiger partial charge is 0.382 e. The van der Waals surface area contributed by atoms with E-state index in [1.54, 1.807) is 0 Å². The highest BCUT2D eigenvalue weighted by atomic mass is 19.4. The van der Waals surface area contributed by atoms with E-state index >= 15 is 0 Å². The van der Waals surface area contributed by atoms with Crippen molar-refractivity contribution in [2.45, 2.75) is 32.0 Å². The quantitative estimate of drug-likeness (QED) is 0.795. The fourth-order valence-electron chi connectivity index (χ4n) is 1.64. The van der Waals surface area contributed by atoms with E-state index in [4.69, 9.17) is 10.5 Å². The van der Waals surface area contributed by atoms with Gasteiger partial charge in [0.15, 0.2) is 0 Å². The Labute approximate surface area is 105 Å². The van der Waals surface area contributed by atoms with Crippen LogP contribution < -0.4 is 5.73 Å². The summed E-state index contributed by atoms with van der Waals surface area (Å²) in [5.74, 6) is 0. The summed E-state index contributed by atoms with van der Waals surface area (Å²) in [4.78, 5) is 0. The summed E-state index contributed by atoms with van der Waals surface area (Å²) in [6.45, 7) is 3.20. The van der Waals surface area contributed by atoms with Crippen LogP contribution in [0.15, 0.2) is 24.3 Å². The van der Waals surface area contributed by atoms with Crippen molar-refractivity contribution in [3.8, 4) is 0 Å². The minimum absolute atomic E-state index is 0.243. The number of ether oxygens (including phenoxy) is 1. The molecule has 0 bridgehead atoms. The van der Waals surface area contributed by atoms with Gasteiger partial charge in [0.25, 0.3) is 0 Å². The maximum Gasteiger partial charge on any atom is 0.416 e. The van der Waals surface area contributed by atoms with Gasteiger partial charge in [-0.1, -0.05) is 12.1 Å². The summed E-state index contributed by atoms with van der Waals surface area (Å²) in [6, 6.07) is 4.77. The van der Waals surface area contributed by atoms with Gasteiger partial charge in [-0.05, 0) is 37.5 Å². The summed E-state index contributed by atoms with van der Waals surface area (Å²) in [7, 11) is 0. The highest BCUT2D eigenvalue weighted by Crippen LogP contribution is 2.30. The molecule has 102 valence electrons. The molecule has 1 rings (SSSR count). The van der Waals surface area contributed by atoms with Crippen molar-refractivity contribution in [3.05, 3.63) is 35.4 Å². The monoisotopic (exact) mass is 261 g/mol. The minimum Gasteiger partial charge on any atom is -0.382 e. The molecule has 0 saturated heterocycles. The molecule has 1 aromatic carbocycles. The molecule has 0 saturated carbocycles. The Morgan fingerprint density at radius 2 is 1.83 bits per heavy atom. The van der Waals surface area contributed by atoms with Crippen molar-refractivity contribution >= 4 is 0 Å². The van der Waals surface area contributed by atoms with Gasteiger partial charge < -0.3 is 10.5 Å². The molecule has 2 nitrogen and oxygen atoms in total. The molecule has 0 heterocycles. The number of alkyl halides is 3. The third-order valence-corrected chi connectivity index (χ3v) is 2.67. The fourth-order valence-corrected chi connectivity index (χ4v) is 1.64. The lowest BCUT2D eigenvalue weighted by Gasteiger charge is -2.13. The summed E-state index contributed by atoms with van der Waals surface area (Å²) in [6.07, 6.45) is -2.79. The second-order valence-corrected chi connectivity index (χ2v) is 4.07. The molecule has 0 aromatic heterocycles. The second-order valence-electron chi connectivity index (χ2n) is 4.07. The number of hydrogen-bond acceptors (Lipinski definition) is 2. The van der Waals surface area contributed by atoms with E-state index in [2.05, 4.69) is 0 Å². The Morgan fingerprint density at radius 3 is 2.33 bits per heavy atom. The van der Waals surface area contributed by atoms with Crippen LogP contribution in [0.4, 0.5) is 13.2 Å². The van der Waals surface area contributed by atoms with Crippen LogP contribution in [0, 0.1) is 0 Å². The fraction of sp³-hybridized carbons (Fsp3) is 0.538. The van der Waals surface area contributed by atoms with E-state index in [-0.39, 0.29) is 6.04 Å². The molecule has 1 unspecified atom stereocenters. The van der Waals surface area contributed by atoms with Crippen LogP contribution >= 0.6 is 0 Å². The average molecular weight is 261 g/mol. The zero-order chi connectivity index (χ0) is 13.6. The topological polar surface area (TPSA) is 35.2 Å². The first-order valence-electron chi connectivity index (χ1n) is 5.95. The highest BCUT2D eigenvalue weighted by molar-refractivity contribution is 5.26. The third kappa shape index (κ3) is 4.66. The molecule has 0 aliphatic carbocycles. The van der Waals surface area contributed by atoms with Crippen molar-refractivity contribution < 1.29 is 17.9 Å². The van der Waals surface area contributed by atoms with Gasteiger partial charge in [0, 0.05) is 19.3 Å². The first-order chi connectivity index (χ1) is 8.45. The summed E-state index contributed by atoms with van der Waals surface area (Å²) < 4.78 is 42.3. The highest BCUT2D eigenvalue weighted by Gasteiger charge is 2.30. The molecular formula is C13H18F3NO. The molecule has 0 radical (unpaired) electrons. The van der Waals surface area contributed by atoms with Crippen molar-refractivity contribution in [1.29, 1.82) is 0 Å². The zero-order valence-corrected chi connectivity index (χ0v) is 10.3. The van der Waals surface area contributed by atoms with Crippen LogP contribution in [0.2, 0.25) is 0 Å². The van der Waals surface area contributed by atoms with Gasteiger partial charge in [-0.15, -0.1) is 0 Å². The maximum absolute atomic E-state index is 12.4. The molecule has 0 fully saturated rings. The van der Waals surface area contributed by atoms with Gasteiger partial charge in [-0.3, -0.25) is 0 Å². The van der Waals surface area contributed by atoms with Crippen molar-refractivity contribution in [2.24, 2.45) is 5.73 Å². The van der Waals surface area contributed by atoms with E-state index in [1.165, 1.54) is 12.1 Å². The predicted octanol–water partition coefficient (Wildman–Crippen LogP) is 3.52. The van der Waals surface area contributed by atoms with Crippen LogP contribution in [-0.2, 0) is 10.9 Å².